The first-order chi connectivity index (χ1) is 9.27. The van der Waals surface area contributed by atoms with E-state index in [1.165, 1.54) is 0 Å². The average molecular weight is 290 g/mol. The molecule has 0 aromatic carbocycles. The number of amides is 1. The number of nitrogens with one attached hydrogen (secondary N) is 1. The molecule has 0 saturated heterocycles. The van der Waals surface area contributed by atoms with Crippen molar-refractivity contribution >= 4 is 11.9 Å². The average Bonchev–Trinajstić information content (AvgIpc) is 2.31. The van der Waals surface area contributed by atoms with E-state index in [0.29, 0.717) is 24.9 Å². The summed E-state index contributed by atoms with van der Waals surface area (Å²) in [5.41, 5.74) is -1.03. The Balaban J connectivity index is 1.94. The third-order valence-electron chi connectivity index (χ3n) is 3.28. The SMILES string of the molecule is CN(c1cnc(C(F)(F)F)cn1)[C@H]1C[C@@H](NC(=O)O)C1. The summed E-state index contributed by atoms with van der Waals surface area (Å²) in [6.45, 7) is 0. The van der Waals surface area contributed by atoms with E-state index in [2.05, 4.69) is 15.3 Å². The standard InChI is InChI=1S/C11H13F3N4O2/c1-18(7-2-6(3-7)17-10(19)20)9-5-15-8(4-16-9)11(12,13)14/h4-7,17H,2-3H2,1H3,(H,19,20)/t6-,7+. The molecule has 2 N–H and O–H groups in total. The summed E-state index contributed by atoms with van der Waals surface area (Å²) < 4.78 is 37.0. The van der Waals surface area contributed by atoms with Crippen molar-refractivity contribution in [3.8, 4) is 0 Å². The van der Waals surface area contributed by atoms with Gasteiger partial charge in [0.15, 0.2) is 5.69 Å². The lowest BCUT2D eigenvalue weighted by molar-refractivity contribution is -0.141. The van der Waals surface area contributed by atoms with Crippen LogP contribution in [0.5, 0.6) is 0 Å². The minimum Gasteiger partial charge on any atom is -0.465 e. The zero-order valence-electron chi connectivity index (χ0n) is 10.6. The highest BCUT2D eigenvalue weighted by molar-refractivity contribution is 5.65. The van der Waals surface area contributed by atoms with Crippen LogP contribution in [0.1, 0.15) is 18.5 Å². The van der Waals surface area contributed by atoms with Crippen molar-refractivity contribution in [3.05, 3.63) is 18.1 Å². The minimum atomic E-state index is -4.50. The van der Waals surface area contributed by atoms with Crippen molar-refractivity contribution in [1.82, 2.24) is 15.3 Å². The second-order valence-electron chi connectivity index (χ2n) is 4.64. The summed E-state index contributed by atoms with van der Waals surface area (Å²) in [4.78, 5) is 19.2. The number of carboxylic acid groups (broad SMARTS) is 1. The van der Waals surface area contributed by atoms with Crippen LogP contribution in [0.15, 0.2) is 12.4 Å². The molecule has 6 nitrogen and oxygen atoms in total. The number of rotatable bonds is 3. The molecule has 1 aromatic rings. The van der Waals surface area contributed by atoms with Gasteiger partial charge in [-0.15, -0.1) is 0 Å². The summed E-state index contributed by atoms with van der Waals surface area (Å²) in [5.74, 6) is 0.330. The van der Waals surface area contributed by atoms with Crippen LogP contribution in [0.25, 0.3) is 0 Å². The van der Waals surface area contributed by atoms with Gasteiger partial charge in [0.05, 0.1) is 12.4 Å². The molecule has 1 fully saturated rings. The highest BCUT2D eigenvalue weighted by atomic mass is 19.4. The first-order valence-corrected chi connectivity index (χ1v) is 5.89. The van der Waals surface area contributed by atoms with Gasteiger partial charge in [-0.3, -0.25) is 0 Å². The van der Waals surface area contributed by atoms with E-state index in [0.717, 1.165) is 6.20 Å². The van der Waals surface area contributed by atoms with E-state index < -0.39 is 18.0 Å². The highest BCUT2D eigenvalue weighted by Crippen LogP contribution is 2.30. The van der Waals surface area contributed by atoms with E-state index in [1.54, 1.807) is 11.9 Å². The van der Waals surface area contributed by atoms with Crippen molar-refractivity contribution in [2.75, 3.05) is 11.9 Å². The molecule has 0 bridgehead atoms. The van der Waals surface area contributed by atoms with Gasteiger partial charge in [-0.25, -0.2) is 14.8 Å². The van der Waals surface area contributed by atoms with Crippen molar-refractivity contribution in [2.45, 2.75) is 31.1 Å². The van der Waals surface area contributed by atoms with Crippen molar-refractivity contribution < 1.29 is 23.1 Å². The lowest BCUT2D eigenvalue weighted by Crippen LogP contribution is -2.53. The van der Waals surface area contributed by atoms with E-state index in [-0.39, 0.29) is 12.1 Å². The molecule has 1 amide bonds. The summed E-state index contributed by atoms with van der Waals surface area (Å²) in [6.07, 6.45) is -2.64. The fourth-order valence-electron chi connectivity index (χ4n) is 2.03. The molecule has 0 radical (unpaired) electrons. The maximum atomic E-state index is 12.3. The summed E-state index contributed by atoms with van der Waals surface area (Å²) in [6, 6.07) is -0.0831. The first-order valence-electron chi connectivity index (χ1n) is 5.89. The van der Waals surface area contributed by atoms with Gasteiger partial charge in [-0.1, -0.05) is 0 Å². The summed E-state index contributed by atoms with van der Waals surface area (Å²) in [5, 5.41) is 10.9. The largest absolute Gasteiger partial charge is 0.465 e. The number of aromatic nitrogens is 2. The Morgan fingerprint density at radius 2 is 2.05 bits per heavy atom. The quantitative estimate of drug-likeness (QED) is 0.886. The number of hydrogen-bond donors (Lipinski definition) is 2. The number of alkyl halides is 3. The second-order valence-corrected chi connectivity index (χ2v) is 4.64. The smallest absolute Gasteiger partial charge is 0.434 e. The Bertz CT molecular complexity index is 485. The van der Waals surface area contributed by atoms with Crippen LogP contribution in [-0.2, 0) is 6.18 Å². The predicted molar refractivity (Wildman–Crippen MR) is 63.4 cm³/mol. The molecule has 1 aromatic heterocycles. The van der Waals surface area contributed by atoms with Gasteiger partial charge in [-0.2, -0.15) is 13.2 Å². The van der Waals surface area contributed by atoms with Crippen molar-refractivity contribution in [1.29, 1.82) is 0 Å². The number of nitrogens with zero attached hydrogens (tertiary/aromatic N) is 3. The van der Waals surface area contributed by atoms with Gasteiger partial charge < -0.3 is 15.3 Å². The molecule has 0 aliphatic heterocycles. The Morgan fingerprint density at radius 1 is 1.40 bits per heavy atom. The Labute approximate surface area is 112 Å². The number of anilines is 1. The molecule has 0 atom stereocenters. The second kappa shape index (κ2) is 5.14. The molecule has 0 spiro atoms. The molecule has 9 heteroatoms. The first kappa shape index (κ1) is 14.4. The molecule has 1 aliphatic rings. The monoisotopic (exact) mass is 290 g/mol. The van der Waals surface area contributed by atoms with Crippen molar-refractivity contribution in [3.63, 3.8) is 0 Å². The van der Waals surface area contributed by atoms with Gasteiger partial charge in [0.1, 0.15) is 5.82 Å². The van der Waals surface area contributed by atoms with Crippen LogP contribution in [0.2, 0.25) is 0 Å². The zero-order valence-corrected chi connectivity index (χ0v) is 10.6. The lowest BCUT2D eigenvalue weighted by Gasteiger charge is -2.41. The number of carbonyl (C=O) groups is 1. The fraction of sp³-hybridized carbons (Fsp3) is 0.545. The van der Waals surface area contributed by atoms with Crippen LogP contribution in [0.3, 0.4) is 0 Å². The maximum absolute atomic E-state index is 12.3. The van der Waals surface area contributed by atoms with Crippen molar-refractivity contribution in [2.24, 2.45) is 0 Å². The van der Waals surface area contributed by atoms with Crippen LogP contribution in [-0.4, -0.2) is 40.3 Å². The Hall–Kier alpha value is -2.06. The number of halogens is 3. The van der Waals surface area contributed by atoms with Crippen LogP contribution >= 0.6 is 0 Å². The van der Waals surface area contributed by atoms with E-state index >= 15 is 0 Å². The molecule has 20 heavy (non-hydrogen) atoms. The lowest BCUT2D eigenvalue weighted by atomic mass is 9.86. The highest BCUT2D eigenvalue weighted by Gasteiger charge is 2.35. The van der Waals surface area contributed by atoms with Gasteiger partial charge in [0.25, 0.3) is 0 Å². The van der Waals surface area contributed by atoms with Gasteiger partial charge in [0, 0.05) is 19.1 Å². The Morgan fingerprint density at radius 3 is 2.50 bits per heavy atom. The van der Waals surface area contributed by atoms with Crippen LogP contribution < -0.4 is 10.2 Å². The normalized spacial score (nSPS) is 22.0. The Kier molecular flexibility index (Phi) is 3.69. The third kappa shape index (κ3) is 3.09. The topological polar surface area (TPSA) is 78.4 Å². The fourth-order valence-corrected chi connectivity index (χ4v) is 2.03. The maximum Gasteiger partial charge on any atom is 0.434 e. The van der Waals surface area contributed by atoms with Gasteiger partial charge in [-0.05, 0) is 12.8 Å². The molecular formula is C11H13F3N4O2. The zero-order chi connectivity index (χ0) is 14.9. The minimum absolute atomic E-state index is 0.0397. The molecule has 2 rings (SSSR count). The molecule has 1 aliphatic carbocycles. The molecule has 1 saturated carbocycles. The third-order valence-corrected chi connectivity index (χ3v) is 3.28. The van der Waals surface area contributed by atoms with E-state index in [4.69, 9.17) is 5.11 Å². The van der Waals surface area contributed by atoms with Crippen LogP contribution in [0.4, 0.5) is 23.8 Å². The van der Waals surface area contributed by atoms with E-state index in [1.807, 2.05) is 0 Å². The predicted octanol–water partition coefficient (Wildman–Crippen LogP) is 1.73. The van der Waals surface area contributed by atoms with Gasteiger partial charge in [0.2, 0.25) is 0 Å². The summed E-state index contributed by atoms with van der Waals surface area (Å²) >= 11 is 0. The number of hydrogen-bond acceptors (Lipinski definition) is 4. The van der Waals surface area contributed by atoms with E-state index in [9.17, 15) is 18.0 Å². The van der Waals surface area contributed by atoms with Crippen LogP contribution in [0, 0.1) is 0 Å². The molecule has 0 unspecified atom stereocenters. The summed E-state index contributed by atoms with van der Waals surface area (Å²) in [7, 11) is 1.69. The molecule has 1 heterocycles. The molecule has 110 valence electrons. The molecular weight excluding hydrogens is 277 g/mol. The van der Waals surface area contributed by atoms with Gasteiger partial charge >= 0.3 is 12.3 Å².